The second-order valence-electron chi connectivity index (χ2n) is 3.23. The van der Waals surface area contributed by atoms with Gasteiger partial charge in [0.05, 0.1) is 5.69 Å². The third kappa shape index (κ3) is 2.60. The predicted molar refractivity (Wildman–Crippen MR) is 61.5 cm³/mol. The van der Waals surface area contributed by atoms with E-state index in [2.05, 4.69) is 19.7 Å². The van der Waals surface area contributed by atoms with E-state index in [1.54, 1.807) is 6.07 Å². The van der Waals surface area contributed by atoms with E-state index in [1.165, 1.54) is 24.7 Å². The molecule has 0 bridgehead atoms. The van der Waals surface area contributed by atoms with Gasteiger partial charge in [-0.25, -0.2) is 18.1 Å². The molecule has 0 aromatic carbocycles. The molecular formula is C9H11N5O2S. The maximum Gasteiger partial charge on any atom is 0.265 e. The minimum atomic E-state index is -3.66. The van der Waals surface area contributed by atoms with Crippen molar-refractivity contribution >= 4 is 16.0 Å². The van der Waals surface area contributed by atoms with Crippen LogP contribution in [0.4, 0.5) is 5.95 Å². The van der Waals surface area contributed by atoms with Crippen molar-refractivity contribution in [3.05, 3.63) is 36.4 Å². The molecule has 0 aliphatic carbocycles. The first-order valence-corrected chi connectivity index (χ1v) is 6.27. The molecule has 0 fully saturated rings. The second kappa shape index (κ2) is 4.52. The molecule has 2 aromatic heterocycles. The Morgan fingerprint density at radius 1 is 1.35 bits per heavy atom. The van der Waals surface area contributed by atoms with E-state index in [1.807, 2.05) is 0 Å². The van der Waals surface area contributed by atoms with Gasteiger partial charge in [-0.15, -0.1) is 0 Å². The highest BCUT2D eigenvalue weighted by Gasteiger charge is 2.15. The monoisotopic (exact) mass is 253 g/mol. The number of imidazole rings is 1. The smallest absolute Gasteiger partial charge is 0.265 e. The molecular weight excluding hydrogens is 242 g/mol. The van der Waals surface area contributed by atoms with Crippen LogP contribution in [0.2, 0.25) is 0 Å². The normalized spacial score (nSPS) is 11.4. The number of nitrogens with zero attached hydrogens (tertiary/aromatic N) is 2. The fourth-order valence-electron chi connectivity index (χ4n) is 1.20. The zero-order chi connectivity index (χ0) is 12.3. The van der Waals surface area contributed by atoms with E-state index in [4.69, 9.17) is 5.73 Å². The van der Waals surface area contributed by atoms with E-state index < -0.39 is 10.0 Å². The van der Waals surface area contributed by atoms with Gasteiger partial charge in [0, 0.05) is 25.1 Å². The fourth-order valence-corrected chi connectivity index (χ4v) is 2.12. The largest absolute Gasteiger partial charge is 0.330 e. The van der Waals surface area contributed by atoms with Crippen LogP contribution < -0.4 is 10.5 Å². The van der Waals surface area contributed by atoms with Crippen LogP contribution in [0.25, 0.3) is 0 Å². The van der Waals surface area contributed by atoms with Gasteiger partial charge in [0.15, 0.2) is 0 Å². The minimum Gasteiger partial charge on any atom is -0.330 e. The van der Waals surface area contributed by atoms with Crippen molar-refractivity contribution < 1.29 is 8.42 Å². The minimum absolute atomic E-state index is 0.0612. The topological polar surface area (TPSA) is 114 Å². The average Bonchev–Trinajstić information content (AvgIpc) is 2.81. The highest BCUT2D eigenvalue weighted by molar-refractivity contribution is 7.92. The van der Waals surface area contributed by atoms with Crippen LogP contribution in [-0.2, 0) is 16.6 Å². The summed E-state index contributed by atoms with van der Waals surface area (Å²) in [5.41, 5.74) is 6.00. The first kappa shape index (κ1) is 11.6. The van der Waals surface area contributed by atoms with Gasteiger partial charge in [0.1, 0.15) is 4.90 Å². The van der Waals surface area contributed by atoms with E-state index in [0.29, 0.717) is 5.69 Å². The zero-order valence-corrected chi connectivity index (χ0v) is 9.61. The average molecular weight is 253 g/mol. The highest BCUT2D eigenvalue weighted by Crippen LogP contribution is 2.11. The maximum atomic E-state index is 11.9. The van der Waals surface area contributed by atoms with Gasteiger partial charge in [-0.3, -0.25) is 4.98 Å². The molecule has 2 aromatic rings. The number of hydrogen-bond acceptors (Lipinski definition) is 5. The van der Waals surface area contributed by atoms with Gasteiger partial charge >= 0.3 is 0 Å². The summed E-state index contributed by atoms with van der Waals surface area (Å²) < 4.78 is 26.0. The van der Waals surface area contributed by atoms with Gasteiger partial charge < -0.3 is 10.7 Å². The van der Waals surface area contributed by atoms with Gasteiger partial charge in [-0.1, -0.05) is 0 Å². The first-order chi connectivity index (χ1) is 8.12. The number of aromatic nitrogens is 3. The Bertz CT molecular complexity index is 576. The third-order valence-corrected chi connectivity index (χ3v) is 3.37. The van der Waals surface area contributed by atoms with Crippen molar-refractivity contribution in [1.29, 1.82) is 0 Å². The fraction of sp³-hybridized carbons (Fsp3) is 0.111. The van der Waals surface area contributed by atoms with Crippen molar-refractivity contribution in [2.75, 3.05) is 4.72 Å². The maximum absolute atomic E-state index is 11.9. The van der Waals surface area contributed by atoms with E-state index in [0.717, 1.165) is 0 Å². The molecule has 2 rings (SSSR count). The van der Waals surface area contributed by atoms with Crippen molar-refractivity contribution in [3.8, 4) is 0 Å². The molecule has 0 radical (unpaired) electrons. The second-order valence-corrected chi connectivity index (χ2v) is 4.92. The standard InChI is InChI=1S/C9H11N5O2S/c10-5-7-1-2-8(6-13-7)17(15,16)14-9-11-3-4-12-9/h1-4,6H,5,10H2,(H2,11,12,14). The van der Waals surface area contributed by atoms with Gasteiger partial charge in [0.25, 0.3) is 10.0 Å². The summed E-state index contributed by atoms with van der Waals surface area (Å²) in [4.78, 5) is 10.4. The van der Waals surface area contributed by atoms with Gasteiger partial charge in [0.2, 0.25) is 5.95 Å². The molecule has 2 heterocycles. The summed E-state index contributed by atoms with van der Waals surface area (Å²) in [5, 5.41) is 0. The number of anilines is 1. The molecule has 0 amide bonds. The summed E-state index contributed by atoms with van der Waals surface area (Å²) in [6.45, 7) is 0.270. The van der Waals surface area contributed by atoms with Crippen LogP contribution in [0.5, 0.6) is 0 Å². The third-order valence-electron chi connectivity index (χ3n) is 2.05. The highest BCUT2D eigenvalue weighted by atomic mass is 32.2. The number of hydrogen-bond donors (Lipinski definition) is 3. The van der Waals surface area contributed by atoms with Gasteiger partial charge in [-0.2, -0.15) is 0 Å². The van der Waals surface area contributed by atoms with Crippen molar-refractivity contribution in [3.63, 3.8) is 0 Å². The number of aromatic amines is 1. The van der Waals surface area contributed by atoms with E-state index >= 15 is 0 Å². The summed E-state index contributed by atoms with van der Waals surface area (Å²) in [6.07, 6.45) is 4.23. The lowest BCUT2D eigenvalue weighted by Crippen LogP contribution is -2.14. The lowest BCUT2D eigenvalue weighted by molar-refractivity contribution is 0.600. The number of pyridine rings is 1. The molecule has 17 heavy (non-hydrogen) atoms. The van der Waals surface area contributed by atoms with E-state index in [-0.39, 0.29) is 17.4 Å². The Morgan fingerprint density at radius 3 is 2.71 bits per heavy atom. The molecule has 0 aliphatic heterocycles. The van der Waals surface area contributed by atoms with Crippen LogP contribution in [0.1, 0.15) is 5.69 Å². The molecule has 0 atom stereocenters. The van der Waals surface area contributed by atoms with Crippen molar-refractivity contribution in [2.45, 2.75) is 11.4 Å². The lowest BCUT2D eigenvalue weighted by atomic mass is 10.4. The molecule has 8 heteroatoms. The van der Waals surface area contributed by atoms with E-state index in [9.17, 15) is 8.42 Å². The number of rotatable bonds is 4. The predicted octanol–water partition coefficient (Wildman–Crippen LogP) is 0.0642. The number of sulfonamides is 1. The van der Waals surface area contributed by atoms with Gasteiger partial charge in [-0.05, 0) is 12.1 Å². The molecule has 0 spiro atoms. The Hall–Kier alpha value is -1.93. The number of nitrogens with one attached hydrogen (secondary N) is 2. The van der Waals surface area contributed by atoms with Crippen LogP contribution >= 0.6 is 0 Å². The first-order valence-electron chi connectivity index (χ1n) is 4.79. The summed E-state index contributed by atoms with van der Waals surface area (Å²) in [6, 6.07) is 3.01. The number of H-pyrrole nitrogens is 1. The number of nitrogens with two attached hydrogens (primary N) is 1. The molecule has 0 saturated heterocycles. The van der Waals surface area contributed by atoms with Crippen molar-refractivity contribution in [2.24, 2.45) is 5.73 Å². The molecule has 0 unspecified atom stereocenters. The Morgan fingerprint density at radius 2 is 2.18 bits per heavy atom. The van der Waals surface area contributed by atoms with Crippen LogP contribution in [0.15, 0.2) is 35.6 Å². The zero-order valence-electron chi connectivity index (χ0n) is 8.79. The SMILES string of the molecule is NCc1ccc(S(=O)(=O)Nc2ncc[nH]2)cn1. The molecule has 4 N–H and O–H groups in total. The Labute approximate surface area is 98.2 Å². The van der Waals surface area contributed by atoms with Crippen molar-refractivity contribution in [1.82, 2.24) is 15.0 Å². The Kier molecular flexibility index (Phi) is 3.07. The summed E-state index contributed by atoms with van der Waals surface area (Å²) >= 11 is 0. The summed E-state index contributed by atoms with van der Waals surface area (Å²) in [5.74, 6) is 0.160. The molecule has 0 aliphatic rings. The quantitative estimate of drug-likeness (QED) is 0.713. The van der Waals surface area contributed by atoms with Crippen LogP contribution in [0.3, 0.4) is 0 Å². The van der Waals surface area contributed by atoms with Crippen LogP contribution in [-0.4, -0.2) is 23.4 Å². The summed E-state index contributed by atoms with van der Waals surface area (Å²) in [7, 11) is -3.66. The Balaban J connectivity index is 2.25. The molecule has 0 saturated carbocycles. The lowest BCUT2D eigenvalue weighted by Gasteiger charge is -2.05. The molecule has 90 valence electrons. The molecule has 7 nitrogen and oxygen atoms in total. The van der Waals surface area contributed by atoms with Crippen LogP contribution in [0, 0.1) is 0 Å².